The number of halogens is 1. The summed E-state index contributed by atoms with van der Waals surface area (Å²) in [6.07, 6.45) is 0. The first kappa shape index (κ1) is 16.3. The van der Waals surface area contributed by atoms with Crippen molar-refractivity contribution >= 4 is 39.8 Å². The highest BCUT2D eigenvalue weighted by Gasteiger charge is 2.14. The molecule has 1 heterocycles. The number of rotatable bonds is 6. The monoisotopic (exact) mass is 361 g/mol. The van der Waals surface area contributed by atoms with Gasteiger partial charge in [-0.05, 0) is 24.1 Å². The van der Waals surface area contributed by atoms with Crippen molar-refractivity contribution in [3.8, 4) is 0 Å². The van der Waals surface area contributed by atoms with E-state index in [4.69, 9.17) is 11.6 Å². The highest BCUT2D eigenvalue weighted by atomic mass is 35.5. The highest BCUT2D eigenvalue weighted by Crippen LogP contribution is 2.39. The smallest absolute Gasteiger partial charge is 0.206 e. The molecular weight excluding hydrogens is 346 g/mol. The Hall–Kier alpha value is -1.56. The normalized spacial score (nSPS) is 12.1. The average Bonchev–Trinajstić information content (AvgIpc) is 3.02. The van der Waals surface area contributed by atoms with Gasteiger partial charge in [0, 0.05) is 16.8 Å². The molecule has 0 unspecified atom stereocenters. The van der Waals surface area contributed by atoms with Crippen LogP contribution in [0.5, 0.6) is 0 Å². The third kappa shape index (κ3) is 4.47. The molecular formula is C17H16ClN3S2. The summed E-state index contributed by atoms with van der Waals surface area (Å²) < 4.78 is 0.938. The molecule has 0 aliphatic rings. The minimum atomic E-state index is 0.235. The summed E-state index contributed by atoms with van der Waals surface area (Å²) >= 11 is 9.49. The van der Waals surface area contributed by atoms with Gasteiger partial charge in [-0.1, -0.05) is 83.2 Å². The molecule has 0 radical (unpaired) electrons. The van der Waals surface area contributed by atoms with Crippen molar-refractivity contribution in [3.63, 3.8) is 0 Å². The Kier molecular flexibility index (Phi) is 5.54. The first-order valence-corrected chi connectivity index (χ1v) is 9.32. The first-order chi connectivity index (χ1) is 11.2. The first-order valence-electron chi connectivity index (χ1n) is 7.25. The van der Waals surface area contributed by atoms with Gasteiger partial charge in [-0.15, -0.1) is 10.2 Å². The van der Waals surface area contributed by atoms with Crippen LogP contribution in [0.4, 0.5) is 5.13 Å². The van der Waals surface area contributed by atoms with Gasteiger partial charge < -0.3 is 5.32 Å². The Bertz CT molecular complexity index is 761. The van der Waals surface area contributed by atoms with Gasteiger partial charge in [-0.25, -0.2) is 0 Å². The Balaban J connectivity index is 1.60. The van der Waals surface area contributed by atoms with Crippen molar-refractivity contribution in [1.29, 1.82) is 0 Å². The zero-order valence-electron chi connectivity index (χ0n) is 12.6. The number of anilines is 1. The Morgan fingerprint density at radius 2 is 1.83 bits per heavy atom. The second-order valence-electron chi connectivity index (χ2n) is 4.99. The molecule has 3 rings (SSSR count). The molecule has 6 heteroatoms. The van der Waals surface area contributed by atoms with Crippen LogP contribution >= 0.6 is 34.7 Å². The SMILES string of the molecule is C[C@@H](Sc1nnc(NCc2ccccc2)s1)c1ccccc1Cl. The Labute approximate surface area is 149 Å². The summed E-state index contributed by atoms with van der Waals surface area (Å²) in [7, 11) is 0. The van der Waals surface area contributed by atoms with Crippen molar-refractivity contribution in [1.82, 2.24) is 10.2 Å². The van der Waals surface area contributed by atoms with E-state index in [2.05, 4.69) is 40.6 Å². The lowest BCUT2D eigenvalue weighted by atomic mass is 10.2. The van der Waals surface area contributed by atoms with Gasteiger partial charge in [-0.2, -0.15) is 0 Å². The molecule has 0 bridgehead atoms. The molecule has 2 aromatic carbocycles. The van der Waals surface area contributed by atoms with Crippen LogP contribution in [0.2, 0.25) is 5.02 Å². The molecule has 0 saturated carbocycles. The Morgan fingerprint density at radius 1 is 1.09 bits per heavy atom. The second kappa shape index (κ2) is 7.81. The lowest BCUT2D eigenvalue weighted by molar-refractivity contribution is 0.987. The lowest BCUT2D eigenvalue weighted by Gasteiger charge is -2.10. The quantitative estimate of drug-likeness (QED) is 0.575. The lowest BCUT2D eigenvalue weighted by Crippen LogP contribution is -1.98. The number of hydrogen-bond acceptors (Lipinski definition) is 5. The van der Waals surface area contributed by atoms with Crippen LogP contribution in [-0.2, 0) is 6.54 Å². The molecule has 0 saturated heterocycles. The fourth-order valence-corrected chi connectivity index (χ4v) is 4.54. The molecule has 0 aliphatic heterocycles. The van der Waals surface area contributed by atoms with Crippen molar-refractivity contribution in [3.05, 3.63) is 70.7 Å². The van der Waals surface area contributed by atoms with Gasteiger partial charge in [0.2, 0.25) is 5.13 Å². The van der Waals surface area contributed by atoms with Gasteiger partial charge in [0.25, 0.3) is 0 Å². The fourth-order valence-electron chi connectivity index (χ4n) is 2.12. The van der Waals surface area contributed by atoms with Crippen molar-refractivity contribution in [2.24, 2.45) is 0 Å². The number of thioether (sulfide) groups is 1. The van der Waals surface area contributed by atoms with E-state index < -0.39 is 0 Å². The van der Waals surface area contributed by atoms with E-state index in [-0.39, 0.29) is 5.25 Å². The number of benzene rings is 2. The predicted molar refractivity (Wildman–Crippen MR) is 99.4 cm³/mol. The zero-order valence-corrected chi connectivity index (χ0v) is 15.0. The summed E-state index contributed by atoms with van der Waals surface area (Å²) in [4.78, 5) is 0. The molecule has 3 nitrogen and oxygen atoms in total. The van der Waals surface area contributed by atoms with Crippen molar-refractivity contribution < 1.29 is 0 Å². The van der Waals surface area contributed by atoms with E-state index >= 15 is 0 Å². The predicted octanol–water partition coefficient (Wildman–Crippen LogP) is 5.66. The number of hydrogen-bond donors (Lipinski definition) is 1. The summed E-state index contributed by atoms with van der Waals surface area (Å²) in [5, 5.41) is 13.6. The second-order valence-corrected chi connectivity index (χ2v) is 7.97. The maximum absolute atomic E-state index is 6.25. The van der Waals surface area contributed by atoms with Crippen LogP contribution in [0.1, 0.15) is 23.3 Å². The summed E-state index contributed by atoms with van der Waals surface area (Å²) in [5.41, 5.74) is 2.34. The third-order valence-corrected chi connectivity index (χ3v) is 5.76. The molecule has 1 aromatic heterocycles. The summed E-state index contributed by atoms with van der Waals surface area (Å²) in [6.45, 7) is 2.88. The molecule has 0 aliphatic carbocycles. The Morgan fingerprint density at radius 3 is 2.61 bits per heavy atom. The van der Waals surface area contributed by atoms with Gasteiger partial charge >= 0.3 is 0 Å². The molecule has 3 aromatic rings. The largest absolute Gasteiger partial charge is 0.356 e. The van der Waals surface area contributed by atoms with E-state index in [9.17, 15) is 0 Å². The van der Waals surface area contributed by atoms with Gasteiger partial charge in [0.15, 0.2) is 4.34 Å². The number of nitrogens with zero attached hydrogens (tertiary/aromatic N) is 2. The van der Waals surface area contributed by atoms with Crippen LogP contribution in [-0.4, -0.2) is 10.2 Å². The van der Waals surface area contributed by atoms with Crippen LogP contribution in [0.3, 0.4) is 0 Å². The molecule has 0 fully saturated rings. The van der Waals surface area contributed by atoms with Crippen molar-refractivity contribution in [2.75, 3.05) is 5.32 Å². The third-order valence-electron chi connectivity index (χ3n) is 3.31. The van der Waals surface area contributed by atoms with Crippen LogP contribution in [0.25, 0.3) is 0 Å². The highest BCUT2D eigenvalue weighted by molar-refractivity contribution is 8.01. The minimum absolute atomic E-state index is 0.235. The van der Waals surface area contributed by atoms with E-state index in [0.29, 0.717) is 0 Å². The average molecular weight is 362 g/mol. The molecule has 118 valence electrons. The standard InChI is InChI=1S/C17H16ClN3S2/c1-12(14-9-5-6-10-15(14)18)22-17-21-20-16(23-17)19-11-13-7-3-2-4-8-13/h2-10,12H,11H2,1H3,(H,19,20)/t12-/m1/s1. The van der Waals surface area contributed by atoms with Crippen LogP contribution < -0.4 is 5.32 Å². The van der Waals surface area contributed by atoms with E-state index in [1.165, 1.54) is 5.56 Å². The summed E-state index contributed by atoms with van der Waals surface area (Å²) in [6, 6.07) is 18.2. The van der Waals surface area contributed by atoms with Gasteiger partial charge in [0.1, 0.15) is 0 Å². The fraction of sp³-hybridized carbons (Fsp3) is 0.176. The number of aromatic nitrogens is 2. The zero-order chi connectivity index (χ0) is 16.1. The molecule has 23 heavy (non-hydrogen) atoms. The van der Waals surface area contributed by atoms with E-state index in [0.717, 1.165) is 26.6 Å². The van der Waals surface area contributed by atoms with Crippen LogP contribution in [0.15, 0.2) is 58.9 Å². The van der Waals surface area contributed by atoms with Crippen molar-refractivity contribution in [2.45, 2.75) is 23.1 Å². The summed E-state index contributed by atoms with van der Waals surface area (Å²) in [5.74, 6) is 0. The van der Waals surface area contributed by atoms with Crippen LogP contribution in [0, 0.1) is 0 Å². The maximum Gasteiger partial charge on any atom is 0.206 e. The molecule has 1 N–H and O–H groups in total. The maximum atomic E-state index is 6.25. The minimum Gasteiger partial charge on any atom is -0.356 e. The topological polar surface area (TPSA) is 37.8 Å². The van der Waals surface area contributed by atoms with Gasteiger partial charge in [0.05, 0.1) is 0 Å². The van der Waals surface area contributed by atoms with E-state index in [1.807, 2.05) is 36.4 Å². The molecule has 1 atom stereocenters. The van der Waals surface area contributed by atoms with Gasteiger partial charge in [-0.3, -0.25) is 0 Å². The van der Waals surface area contributed by atoms with E-state index in [1.54, 1.807) is 23.1 Å². The molecule has 0 spiro atoms. The molecule has 0 amide bonds. The number of nitrogens with one attached hydrogen (secondary N) is 1.